The fourth-order valence-corrected chi connectivity index (χ4v) is 23.2. The molecule has 1 aromatic carbocycles. The van der Waals surface area contributed by atoms with Crippen LogP contribution in [0, 0.1) is 92.7 Å². The first-order chi connectivity index (χ1) is 34.4. The zero-order valence-corrected chi connectivity index (χ0v) is 48.1. The summed E-state index contributed by atoms with van der Waals surface area (Å²) in [6.45, 7) is 21.0. The zero-order chi connectivity index (χ0) is 52.6. The molecule has 2 aliphatic heterocycles. The molecule has 0 aromatic heterocycles. The van der Waals surface area contributed by atoms with E-state index in [0.29, 0.717) is 70.4 Å². The lowest BCUT2D eigenvalue weighted by Gasteiger charge is -2.62. The van der Waals surface area contributed by atoms with Crippen molar-refractivity contribution in [2.75, 3.05) is 33.5 Å². The van der Waals surface area contributed by atoms with E-state index in [1.165, 1.54) is 70.6 Å². The Bertz CT molecular complexity index is 2130. The van der Waals surface area contributed by atoms with E-state index in [9.17, 15) is 28.8 Å². The van der Waals surface area contributed by atoms with Gasteiger partial charge in [-0.2, -0.15) is 0 Å². The topological polar surface area (TPSA) is 154 Å². The van der Waals surface area contributed by atoms with E-state index in [-0.39, 0.29) is 31.8 Å². The standard InChI is InChI=1S/C34H52O5S.C28H48O3.CH4O.CH4/c1-23(30(21-34(36)18-19-39-22-34)40(37,38)25-8-6-5-7-9-25)27-12-13-28-26-11-10-24-20-31(2,35)16-17-32(24,3)29(26)14-15-33(27,28)4;1-19(9-12-28(30)15-16-31-18-28)22-7-8-23-21-6-5-20-17-25(2,29)13-14-26(20,3)24(21)10-11-27(22,23)4;1-2;/h5-9,23-24,26-30,35-36H,10-22H2,1-4H3;19-24,29-30H,5-18H2,1-4H3;2H,1H3;1H4/t23-,24-,26-,27+,28-,29-,30?,31-,32-,33+,34?;19-,20+,21+,22-,23+,24+,25+,26+,27-,28?;;/m01../s1. The normalized spacial score (nSPS) is 48.5. The van der Waals surface area contributed by atoms with Crippen LogP contribution in [0.25, 0.3) is 0 Å². The quantitative estimate of drug-likeness (QED) is 0.154. The summed E-state index contributed by atoms with van der Waals surface area (Å²) in [4.78, 5) is 0.372. The van der Waals surface area contributed by atoms with Gasteiger partial charge in [-0.25, -0.2) is 8.42 Å². The van der Waals surface area contributed by atoms with Crippen LogP contribution in [0.5, 0.6) is 0 Å². The molecule has 74 heavy (non-hydrogen) atoms. The molecule has 10 fully saturated rings. The monoisotopic (exact) mass is 1050 g/mol. The van der Waals surface area contributed by atoms with Crippen LogP contribution in [-0.4, -0.2) is 95.1 Å². The summed E-state index contributed by atoms with van der Waals surface area (Å²) in [5, 5.41) is 50.1. The van der Waals surface area contributed by atoms with Crippen LogP contribution >= 0.6 is 0 Å². The van der Waals surface area contributed by atoms with E-state index in [2.05, 4.69) is 48.5 Å². The molecule has 8 saturated carbocycles. The fourth-order valence-electron chi connectivity index (χ4n) is 21.0. The van der Waals surface area contributed by atoms with Crippen LogP contribution in [0.3, 0.4) is 0 Å². The fraction of sp³-hybridized carbons (Fsp3) is 0.906. The third-order valence-corrected chi connectivity index (χ3v) is 27.6. The number of benzene rings is 1. The van der Waals surface area contributed by atoms with Gasteiger partial charge in [-0.15, -0.1) is 0 Å². The molecule has 10 heteroatoms. The molecule has 2 saturated heterocycles. The number of rotatable bonds is 10. The van der Waals surface area contributed by atoms with Crippen LogP contribution in [-0.2, 0) is 19.3 Å². The van der Waals surface area contributed by atoms with E-state index >= 15 is 0 Å². The summed E-state index contributed by atoms with van der Waals surface area (Å²) in [6, 6.07) is 8.90. The van der Waals surface area contributed by atoms with Gasteiger partial charge in [0.2, 0.25) is 0 Å². The molecule has 424 valence electrons. The van der Waals surface area contributed by atoms with Crippen LogP contribution in [0.4, 0.5) is 0 Å². The van der Waals surface area contributed by atoms with Gasteiger partial charge < -0.3 is 35.0 Å². The molecule has 0 radical (unpaired) electrons. The lowest BCUT2D eigenvalue weighted by atomic mass is 9.43. The van der Waals surface area contributed by atoms with Gasteiger partial charge in [-0.1, -0.05) is 67.2 Å². The molecule has 5 N–H and O–H groups in total. The minimum Gasteiger partial charge on any atom is -0.400 e. The van der Waals surface area contributed by atoms with Gasteiger partial charge in [-0.3, -0.25) is 0 Å². The molecule has 8 aliphatic carbocycles. The summed E-state index contributed by atoms with van der Waals surface area (Å²) < 4.78 is 39.5. The van der Waals surface area contributed by atoms with E-state index in [1.54, 1.807) is 24.3 Å². The van der Waals surface area contributed by atoms with Crippen molar-refractivity contribution in [1.29, 1.82) is 0 Å². The zero-order valence-electron chi connectivity index (χ0n) is 47.3. The summed E-state index contributed by atoms with van der Waals surface area (Å²) in [5.74, 6) is 7.90. The Kier molecular flexibility index (Phi) is 17.3. The number of aliphatic hydroxyl groups excluding tert-OH is 1. The summed E-state index contributed by atoms with van der Waals surface area (Å²) in [7, 11) is -2.63. The summed E-state index contributed by atoms with van der Waals surface area (Å²) in [5.41, 5.74) is -1.16. The molecule has 0 bridgehead atoms. The predicted octanol–water partition coefficient (Wildman–Crippen LogP) is 12.6. The van der Waals surface area contributed by atoms with Crippen molar-refractivity contribution in [3.63, 3.8) is 0 Å². The minimum absolute atomic E-state index is 0. The SMILES string of the molecule is C.CO.C[C@H](C(CC1(O)CCOC1)S(=O)(=O)c1ccccc1)[C@H]1CC[C@H]2[C@@H]3CC[C@H]4C[C@@](C)(O)CC[C@]4(C)[C@H]3CC[C@]12C.C[C@H](CCC1(O)CCOC1)[C@H]1CC[C@H]2[C@@H]3CC[C@H]4C[C@@](C)(O)CC[C@]4(C)[C@H]3CC[C@]12C. The van der Waals surface area contributed by atoms with Crippen LogP contribution in [0.15, 0.2) is 35.2 Å². The Labute approximate surface area is 450 Å². The lowest BCUT2D eigenvalue weighted by molar-refractivity contribution is -0.148. The van der Waals surface area contributed by atoms with Crippen molar-refractivity contribution >= 4 is 9.84 Å². The molecule has 1 aromatic rings. The Morgan fingerprint density at radius 3 is 1.50 bits per heavy atom. The first kappa shape index (κ1) is 59.0. The maximum atomic E-state index is 14.2. The Morgan fingerprint density at radius 2 is 1.01 bits per heavy atom. The number of hydrogen-bond acceptors (Lipinski definition) is 9. The molecule has 0 amide bonds. The minimum atomic E-state index is -3.63. The second-order valence-corrected chi connectivity index (χ2v) is 31.4. The average Bonchev–Trinajstić information content (AvgIpc) is 4.16. The lowest BCUT2D eigenvalue weighted by Crippen LogP contribution is -2.56. The molecule has 3 unspecified atom stereocenters. The Hall–Kier alpha value is -1.11. The highest BCUT2D eigenvalue weighted by atomic mass is 32.2. The molecular formula is C64H108O9S. The first-order valence-corrected chi connectivity index (χ1v) is 31.7. The smallest absolute Gasteiger partial charge is 0.181 e. The van der Waals surface area contributed by atoms with E-state index in [1.807, 2.05) is 13.0 Å². The van der Waals surface area contributed by atoms with Gasteiger partial charge in [0.25, 0.3) is 0 Å². The molecular weight excluding hydrogens is 945 g/mol. The van der Waals surface area contributed by atoms with Gasteiger partial charge in [0.15, 0.2) is 9.84 Å². The van der Waals surface area contributed by atoms with Crippen molar-refractivity contribution in [1.82, 2.24) is 0 Å². The van der Waals surface area contributed by atoms with Crippen molar-refractivity contribution < 1.29 is 43.4 Å². The van der Waals surface area contributed by atoms with E-state index in [0.717, 1.165) is 113 Å². The van der Waals surface area contributed by atoms with Crippen LogP contribution < -0.4 is 0 Å². The average molecular weight is 1050 g/mol. The summed E-state index contributed by atoms with van der Waals surface area (Å²) >= 11 is 0. The van der Waals surface area contributed by atoms with Gasteiger partial charge in [0, 0.05) is 33.2 Å². The van der Waals surface area contributed by atoms with Gasteiger partial charge in [-0.05, 0) is 253 Å². The first-order valence-electron chi connectivity index (χ1n) is 30.1. The third kappa shape index (κ3) is 10.7. The largest absolute Gasteiger partial charge is 0.400 e. The molecule has 10 aliphatic rings. The highest BCUT2D eigenvalue weighted by Gasteiger charge is 2.64. The van der Waals surface area contributed by atoms with Crippen LogP contribution in [0.1, 0.15) is 210 Å². The van der Waals surface area contributed by atoms with E-state index in [4.69, 9.17) is 14.6 Å². The van der Waals surface area contributed by atoms with Gasteiger partial charge in [0.05, 0.1) is 45.8 Å². The number of aliphatic hydroxyl groups is 5. The van der Waals surface area contributed by atoms with Gasteiger partial charge in [0.1, 0.15) is 0 Å². The molecule has 11 rings (SSSR count). The summed E-state index contributed by atoms with van der Waals surface area (Å²) in [6.07, 6.45) is 25.4. The highest BCUT2D eigenvalue weighted by molar-refractivity contribution is 7.92. The molecule has 9 nitrogen and oxygen atoms in total. The third-order valence-electron chi connectivity index (χ3n) is 25.2. The maximum Gasteiger partial charge on any atom is 0.181 e. The van der Waals surface area contributed by atoms with Crippen molar-refractivity contribution in [2.24, 2.45) is 92.7 Å². The van der Waals surface area contributed by atoms with Crippen LogP contribution in [0.2, 0.25) is 0 Å². The molecule has 0 spiro atoms. The Balaban J connectivity index is 0.000000194. The number of sulfone groups is 1. The maximum absolute atomic E-state index is 14.2. The molecule has 21 atom stereocenters. The molecule has 2 heterocycles. The van der Waals surface area contributed by atoms with Crippen molar-refractivity contribution in [2.45, 2.75) is 243 Å². The highest BCUT2D eigenvalue weighted by Crippen LogP contribution is 2.71. The van der Waals surface area contributed by atoms with Crippen molar-refractivity contribution in [3.05, 3.63) is 30.3 Å². The number of fused-ring (bicyclic) bond motifs is 10. The second kappa shape index (κ2) is 21.7. The second-order valence-electron chi connectivity index (χ2n) is 29.2. The predicted molar refractivity (Wildman–Crippen MR) is 297 cm³/mol. The number of ether oxygens (including phenoxy) is 2. The Morgan fingerprint density at radius 1 is 0.554 bits per heavy atom. The van der Waals surface area contributed by atoms with E-state index < -0.39 is 37.5 Å². The number of hydrogen-bond donors (Lipinski definition) is 5. The van der Waals surface area contributed by atoms with Gasteiger partial charge >= 0.3 is 0 Å². The van der Waals surface area contributed by atoms with Crippen molar-refractivity contribution in [3.8, 4) is 0 Å².